The van der Waals surface area contributed by atoms with E-state index in [0.29, 0.717) is 16.4 Å². The molecule has 24 heavy (non-hydrogen) atoms. The summed E-state index contributed by atoms with van der Waals surface area (Å²) in [6, 6.07) is 0. The van der Waals surface area contributed by atoms with Crippen LogP contribution in [0.3, 0.4) is 0 Å². The highest BCUT2D eigenvalue weighted by Crippen LogP contribution is 2.45. The highest BCUT2D eigenvalue weighted by Gasteiger charge is 2.33. The fraction of sp³-hybridized carbons (Fsp3) is 0.789. The second-order valence-corrected chi connectivity index (χ2v) is 10.2. The average Bonchev–Trinajstić information content (AvgIpc) is 2.47. The third-order valence-corrected chi connectivity index (χ3v) is 6.28. The van der Waals surface area contributed by atoms with Crippen molar-refractivity contribution >= 4 is 23.4 Å². The Morgan fingerprint density at radius 3 is 2.04 bits per heavy atom. The highest BCUT2D eigenvalue weighted by atomic mass is 35.5. The van der Waals surface area contributed by atoms with Gasteiger partial charge in [-0.25, -0.2) is 4.68 Å². The first-order chi connectivity index (χ1) is 11.0. The van der Waals surface area contributed by atoms with E-state index >= 15 is 0 Å². The van der Waals surface area contributed by atoms with Crippen molar-refractivity contribution in [3.8, 4) is 0 Å². The van der Waals surface area contributed by atoms with Gasteiger partial charge in [0.05, 0.1) is 5.54 Å². The minimum atomic E-state index is -0.367. The lowest BCUT2D eigenvalue weighted by molar-refractivity contribution is 0.168. The van der Waals surface area contributed by atoms with Gasteiger partial charge in [-0.2, -0.15) is 5.10 Å². The predicted molar refractivity (Wildman–Crippen MR) is 104 cm³/mol. The van der Waals surface area contributed by atoms with Crippen molar-refractivity contribution in [3.63, 3.8) is 0 Å². The summed E-state index contributed by atoms with van der Waals surface area (Å²) >= 11 is 8.15. The van der Waals surface area contributed by atoms with Crippen LogP contribution in [0.5, 0.6) is 0 Å². The number of halogens is 1. The van der Waals surface area contributed by atoms with E-state index in [9.17, 15) is 4.79 Å². The van der Waals surface area contributed by atoms with Gasteiger partial charge in [0.25, 0.3) is 5.56 Å². The second-order valence-electron chi connectivity index (χ2n) is 9.04. The zero-order valence-electron chi connectivity index (χ0n) is 16.1. The van der Waals surface area contributed by atoms with Crippen LogP contribution in [-0.4, -0.2) is 16.0 Å². The van der Waals surface area contributed by atoms with Crippen LogP contribution in [0.15, 0.2) is 9.82 Å². The minimum Gasteiger partial charge on any atom is -0.266 e. The molecule has 1 saturated carbocycles. The van der Waals surface area contributed by atoms with E-state index < -0.39 is 0 Å². The first-order valence-electron chi connectivity index (χ1n) is 8.84. The van der Waals surface area contributed by atoms with Gasteiger partial charge in [0.15, 0.2) is 0 Å². The number of thioether (sulfide) groups is 1. The first kappa shape index (κ1) is 19.8. The van der Waals surface area contributed by atoms with E-state index in [1.54, 1.807) is 11.8 Å². The van der Waals surface area contributed by atoms with Crippen LogP contribution in [0.1, 0.15) is 78.7 Å². The molecule has 2 rings (SSSR count). The summed E-state index contributed by atoms with van der Waals surface area (Å²) in [6.07, 6.45) is 6.59. The molecule has 0 spiro atoms. The van der Waals surface area contributed by atoms with Gasteiger partial charge in [0, 0.05) is 5.56 Å². The maximum atomic E-state index is 12.7. The van der Waals surface area contributed by atoms with E-state index in [4.69, 9.17) is 11.6 Å². The summed E-state index contributed by atoms with van der Waals surface area (Å²) in [5.41, 5.74) is 0.815. The van der Waals surface area contributed by atoms with E-state index in [2.05, 4.69) is 25.9 Å². The van der Waals surface area contributed by atoms with Gasteiger partial charge in [0.1, 0.15) is 10.0 Å². The normalized spacial score (nSPS) is 22.7. The molecule has 0 bridgehead atoms. The first-order valence-corrected chi connectivity index (χ1v) is 10.4. The molecule has 0 unspecified atom stereocenters. The summed E-state index contributed by atoms with van der Waals surface area (Å²) in [7, 11) is 0. The molecule has 1 aromatic heterocycles. The smallest absolute Gasteiger partial charge is 0.266 e. The second kappa shape index (κ2) is 7.03. The summed E-state index contributed by atoms with van der Waals surface area (Å²) in [6.45, 7) is 12.9. The molecule has 0 amide bonds. The average molecular weight is 371 g/mol. The predicted octanol–water partition coefficient (Wildman–Crippen LogP) is 5.69. The maximum absolute atomic E-state index is 12.7. The Labute approximate surface area is 155 Å². The van der Waals surface area contributed by atoms with Crippen molar-refractivity contribution in [3.05, 3.63) is 20.9 Å². The Kier molecular flexibility index (Phi) is 5.81. The lowest BCUT2D eigenvalue weighted by Gasteiger charge is -2.37. The van der Waals surface area contributed by atoms with Crippen LogP contribution in [0.2, 0.25) is 5.02 Å². The molecular formula is C19H31ClN2OS. The van der Waals surface area contributed by atoms with Gasteiger partial charge in [-0.1, -0.05) is 32.4 Å². The fourth-order valence-electron chi connectivity index (χ4n) is 3.70. The van der Waals surface area contributed by atoms with Gasteiger partial charge in [-0.15, -0.1) is 11.8 Å². The van der Waals surface area contributed by atoms with Crippen molar-refractivity contribution in [2.75, 3.05) is 6.26 Å². The lowest BCUT2D eigenvalue weighted by Crippen LogP contribution is -2.37. The molecule has 3 nitrogen and oxygen atoms in total. The summed E-state index contributed by atoms with van der Waals surface area (Å²) < 4.78 is 1.53. The molecule has 0 aliphatic heterocycles. The van der Waals surface area contributed by atoms with Crippen LogP contribution < -0.4 is 5.56 Å². The van der Waals surface area contributed by atoms with Gasteiger partial charge < -0.3 is 0 Å². The zero-order chi connectivity index (χ0) is 18.3. The van der Waals surface area contributed by atoms with Gasteiger partial charge in [-0.3, -0.25) is 4.79 Å². The largest absolute Gasteiger partial charge is 0.286 e. The van der Waals surface area contributed by atoms with Crippen molar-refractivity contribution in [2.24, 2.45) is 11.3 Å². The van der Waals surface area contributed by atoms with Gasteiger partial charge >= 0.3 is 0 Å². The maximum Gasteiger partial charge on any atom is 0.286 e. The standard InChI is InChI=1S/C19H31ClN2OS/c1-18(2,3)13-10-8-12(9-11-13)14-15(20)17(23)22(19(4,5)6)21-16(14)24-7/h12-13H,8-11H2,1-7H3. The summed E-state index contributed by atoms with van der Waals surface area (Å²) in [4.78, 5) is 12.7. The third-order valence-electron chi connectivity index (χ3n) is 5.23. The van der Waals surface area contributed by atoms with Crippen LogP contribution in [0.4, 0.5) is 0 Å². The number of aromatic nitrogens is 2. The van der Waals surface area contributed by atoms with Crippen LogP contribution in [-0.2, 0) is 5.54 Å². The minimum absolute atomic E-state index is 0.157. The Bertz CT molecular complexity index is 647. The molecule has 0 saturated heterocycles. The van der Waals surface area contributed by atoms with Crippen molar-refractivity contribution < 1.29 is 0 Å². The molecule has 0 N–H and O–H groups in total. The Morgan fingerprint density at radius 2 is 1.62 bits per heavy atom. The van der Waals surface area contributed by atoms with E-state index in [-0.39, 0.29) is 11.1 Å². The van der Waals surface area contributed by atoms with E-state index in [0.717, 1.165) is 29.3 Å². The van der Waals surface area contributed by atoms with Crippen LogP contribution in [0.25, 0.3) is 0 Å². The Balaban J connectivity index is 2.39. The zero-order valence-corrected chi connectivity index (χ0v) is 17.6. The summed E-state index contributed by atoms with van der Waals surface area (Å²) in [5.74, 6) is 1.10. The quantitative estimate of drug-likeness (QED) is 0.627. The molecule has 0 aromatic carbocycles. The molecule has 1 heterocycles. The fourth-order valence-corrected chi connectivity index (χ4v) is 4.73. The number of rotatable bonds is 2. The summed E-state index contributed by atoms with van der Waals surface area (Å²) in [5, 5.41) is 5.94. The van der Waals surface area contributed by atoms with Gasteiger partial charge in [-0.05, 0) is 70.0 Å². The number of hydrogen-bond donors (Lipinski definition) is 0. The molecule has 5 heteroatoms. The van der Waals surface area contributed by atoms with Crippen molar-refractivity contribution in [1.29, 1.82) is 0 Å². The van der Waals surface area contributed by atoms with Crippen molar-refractivity contribution in [1.82, 2.24) is 9.78 Å². The van der Waals surface area contributed by atoms with Crippen LogP contribution in [0, 0.1) is 11.3 Å². The Morgan fingerprint density at radius 1 is 1.08 bits per heavy atom. The molecule has 1 aliphatic carbocycles. The molecular weight excluding hydrogens is 340 g/mol. The molecule has 0 radical (unpaired) electrons. The highest BCUT2D eigenvalue weighted by molar-refractivity contribution is 7.98. The third kappa shape index (κ3) is 4.01. The van der Waals surface area contributed by atoms with Gasteiger partial charge in [0.2, 0.25) is 0 Å². The van der Waals surface area contributed by atoms with E-state index in [1.165, 1.54) is 17.5 Å². The van der Waals surface area contributed by atoms with Crippen LogP contribution >= 0.6 is 23.4 Å². The molecule has 1 aliphatic rings. The molecule has 0 atom stereocenters. The van der Waals surface area contributed by atoms with Crippen molar-refractivity contribution in [2.45, 2.75) is 83.7 Å². The molecule has 1 aromatic rings. The SMILES string of the molecule is CSc1nn(C(C)(C)C)c(=O)c(Cl)c1C1CCC(C(C)(C)C)CC1. The number of nitrogens with zero attached hydrogens (tertiary/aromatic N) is 2. The molecule has 1 fully saturated rings. The lowest BCUT2D eigenvalue weighted by atomic mass is 9.69. The topological polar surface area (TPSA) is 34.9 Å². The van der Waals surface area contributed by atoms with E-state index in [1.807, 2.05) is 27.0 Å². The monoisotopic (exact) mass is 370 g/mol. The number of hydrogen-bond acceptors (Lipinski definition) is 3. The molecule has 136 valence electrons. The Hall–Kier alpha value is -0.480.